The molecule has 5 nitrogen and oxygen atoms in total. The van der Waals surface area contributed by atoms with Crippen molar-refractivity contribution in [2.45, 2.75) is 0 Å². The number of halogens is 1. The molecule has 0 saturated carbocycles. The van der Waals surface area contributed by atoms with E-state index in [4.69, 9.17) is 9.15 Å². The van der Waals surface area contributed by atoms with E-state index >= 15 is 0 Å². The van der Waals surface area contributed by atoms with Gasteiger partial charge in [0.2, 0.25) is 5.55 Å². The molecule has 0 unspecified atom stereocenters. The van der Waals surface area contributed by atoms with Gasteiger partial charge < -0.3 is 14.1 Å². The van der Waals surface area contributed by atoms with E-state index in [1.807, 2.05) is 48.5 Å². The van der Waals surface area contributed by atoms with E-state index in [1.54, 1.807) is 19.2 Å². The highest BCUT2D eigenvalue weighted by molar-refractivity contribution is 5.86. The Bertz CT molecular complexity index is 1370. The lowest BCUT2D eigenvalue weighted by Crippen LogP contribution is -2.07. The number of fused-ring (bicyclic) bond motifs is 2. The maximum atomic E-state index is 13.3. The fourth-order valence-corrected chi connectivity index (χ4v) is 3.25. The third-order valence-electron chi connectivity index (χ3n) is 4.66. The molecule has 0 aliphatic heterocycles. The number of nitrogens with zero attached hydrogens (tertiary/aromatic N) is 2. The van der Waals surface area contributed by atoms with E-state index in [0.29, 0.717) is 34.0 Å². The van der Waals surface area contributed by atoms with E-state index in [2.05, 4.69) is 15.0 Å². The van der Waals surface area contributed by atoms with Crippen LogP contribution in [-0.4, -0.2) is 17.1 Å². The van der Waals surface area contributed by atoms with E-state index in [0.717, 1.165) is 16.4 Å². The van der Waals surface area contributed by atoms with Gasteiger partial charge in [-0.1, -0.05) is 24.3 Å². The van der Waals surface area contributed by atoms with E-state index in [1.165, 1.54) is 12.1 Å². The Balaban J connectivity index is 1.82. The van der Waals surface area contributed by atoms with Crippen molar-refractivity contribution in [3.8, 4) is 17.1 Å². The first-order valence-corrected chi connectivity index (χ1v) is 9.07. The molecule has 2 aromatic heterocycles. The quantitative estimate of drug-likeness (QED) is 0.455. The van der Waals surface area contributed by atoms with Gasteiger partial charge in [-0.05, 0) is 48.5 Å². The van der Waals surface area contributed by atoms with Gasteiger partial charge in [-0.15, -0.1) is 0 Å². The second-order valence-electron chi connectivity index (χ2n) is 6.53. The van der Waals surface area contributed by atoms with Gasteiger partial charge in [-0.3, -0.25) is 0 Å². The predicted molar refractivity (Wildman–Crippen MR) is 109 cm³/mol. The highest BCUT2D eigenvalue weighted by atomic mass is 19.1. The summed E-state index contributed by atoms with van der Waals surface area (Å²) in [5.41, 5.74) is 3.97. The average molecular weight is 385 g/mol. The van der Waals surface area contributed by atoms with Crippen LogP contribution in [0.3, 0.4) is 0 Å². The number of methoxy groups -OCH3 is 1. The summed E-state index contributed by atoms with van der Waals surface area (Å²) in [5.74, 6) is 0.924. The van der Waals surface area contributed by atoms with Crippen LogP contribution < -0.4 is 10.3 Å². The second kappa shape index (κ2) is 6.91. The minimum atomic E-state index is -0.321. The van der Waals surface area contributed by atoms with Crippen molar-refractivity contribution in [2.24, 2.45) is 4.99 Å². The van der Waals surface area contributed by atoms with Crippen LogP contribution in [-0.2, 0) is 0 Å². The molecule has 2 heterocycles. The minimum absolute atomic E-state index is 0.321. The number of hydrogen-bond donors (Lipinski definition) is 1. The topological polar surface area (TPSA) is 63.4 Å². The molecule has 0 saturated heterocycles. The highest BCUT2D eigenvalue weighted by Gasteiger charge is 2.13. The third kappa shape index (κ3) is 3.14. The zero-order chi connectivity index (χ0) is 19.8. The Labute approximate surface area is 165 Å². The Kier molecular flexibility index (Phi) is 4.09. The lowest BCUT2D eigenvalue weighted by Gasteiger charge is -2.06. The first-order valence-electron chi connectivity index (χ1n) is 9.07. The normalized spacial score (nSPS) is 12.0. The van der Waals surface area contributed by atoms with Crippen LogP contribution in [0, 0.1) is 5.82 Å². The van der Waals surface area contributed by atoms with Gasteiger partial charge in [0.15, 0.2) is 11.3 Å². The molecule has 3 aromatic carbocycles. The number of ether oxygens (including phenoxy) is 1. The van der Waals surface area contributed by atoms with Gasteiger partial charge >= 0.3 is 0 Å². The summed E-state index contributed by atoms with van der Waals surface area (Å²) in [4.78, 5) is 12.6. The average Bonchev–Trinajstić information content (AvgIpc) is 3.18. The van der Waals surface area contributed by atoms with Crippen LogP contribution in [0.4, 0.5) is 10.1 Å². The lowest BCUT2D eigenvalue weighted by molar-refractivity contribution is 0.406. The summed E-state index contributed by atoms with van der Waals surface area (Å²) in [6, 6.07) is 21.3. The Hall–Kier alpha value is -3.93. The predicted octanol–water partition coefficient (Wildman–Crippen LogP) is 5.36. The maximum absolute atomic E-state index is 13.3. The van der Waals surface area contributed by atoms with Crippen LogP contribution in [0.1, 0.15) is 0 Å². The van der Waals surface area contributed by atoms with Crippen LogP contribution in [0.15, 0.2) is 82.2 Å². The lowest BCUT2D eigenvalue weighted by atomic mass is 10.1. The molecule has 29 heavy (non-hydrogen) atoms. The summed E-state index contributed by atoms with van der Waals surface area (Å²) >= 11 is 0. The molecule has 0 aliphatic rings. The summed E-state index contributed by atoms with van der Waals surface area (Å²) in [6.45, 7) is 0. The number of para-hydroxylation sites is 3. The number of imidazole rings is 1. The number of rotatable bonds is 3. The van der Waals surface area contributed by atoms with E-state index in [-0.39, 0.29) is 5.82 Å². The molecule has 1 N–H and O–H groups in total. The van der Waals surface area contributed by atoms with Crippen molar-refractivity contribution in [1.82, 2.24) is 9.97 Å². The number of aromatic nitrogens is 2. The van der Waals surface area contributed by atoms with Gasteiger partial charge in [0.25, 0.3) is 0 Å². The summed E-state index contributed by atoms with van der Waals surface area (Å²) in [7, 11) is 1.59. The Morgan fingerprint density at radius 2 is 1.83 bits per heavy atom. The number of H-pyrrole nitrogens is 1. The summed E-state index contributed by atoms with van der Waals surface area (Å²) < 4.78 is 24.9. The van der Waals surface area contributed by atoms with Gasteiger partial charge in [0.05, 0.1) is 29.4 Å². The molecule has 0 fully saturated rings. The summed E-state index contributed by atoms with van der Waals surface area (Å²) in [6.07, 6.45) is 0. The first kappa shape index (κ1) is 17.2. The molecule has 0 aliphatic carbocycles. The number of hydrogen-bond acceptors (Lipinski definition) is 4. The van der Waals surface area contributed by atoms with Crippen LogP contribution in [0.2, 0.25) is 0 Å². The number of benzene rings is 3. The highest BCUT2D eigenvalue weighted by Crippen LogP contribution is 2.28. The standard InChI is InChI=1S/C23H16FN3O2/c1-28-20-8-4-5-14-13-17(22-26-18-6-2-3-7-19(18)27-22)23(29-21(14)20)25-16-11-9-15(24)10-12-16/h2-13H,1H3,(H,26,27). The van der Waals surface area contributed by atoms with Gasteiger partial charge in [0, 0.05) is 5.39 Å². The molecule has 0 spiro atoms. The van der Waals surface area contributed by atoms with E-state index < -0.39 is 0 Å². The van der Waals surface area contributed by atoms with Crippen molar-refractivity contribution in [1.29, 1.82) is 0 Å². The van der Waals surface area contributed by atoms with Crippen LogP contribution >= 0.6 is 0 Å². The summed E-state index contributed by atoms with van der Waals surface area (Å²) in [5, 5.41) is 0.859. The molecule has 6 heteroatoms. The third-order valence-corrected chi connectivity index (χ3v) is 4.66. The molecular formula is C23H16FN3O2. The van der Waals surface area contributed by atoms with Crippen molar-refractivity contribution in [3.63, 3.8) is 0 Å². The van der Waals surface area contributed by atoms with Crippen molar-refractivity contribution in [3.05, 3.63) is 84.2 Å². The Morgan fingerprint density at radius 3 is 2.62 bits per heavy atom. The Morgan fingerprint density at radius 1 is 1.00 bits per heavy atom. The first-order chi connectivity index (χ1) is 14.2. The smallest absolute Gasteiger partial charge is 0.231 e. The van der Waals surface area contributed by atoms with Crippen molar-refractivity contribution < 1.29 is 13.5 Å². The van der Waals surface area contributed by atoms with Crippen LogP contribution in [0.5, 0.6) is 5.75 Å². The second-order valence-corrected chi connectivity index (χ2v) is 6.53. The van der Waals surface area contributed by atoms with Gasteiger partial charge in [-0.25, -0.2) is 14.4 Å². The molecule has 0 atom stereocenters. The molecule has 5 rings (SSSR count). The van der Waals surface area contributed by atoms with Gasteiger partial charge in [0.1, 0.15) is 11.6 Å². The molecule has 142 valence electrons. The zero-order valence-corrected chi connectivity index (χ0v) is 15.5. The number of aromatic amines is 1. The SMILES string of the molecule is COc1cccc2cc(-c3nc4ccccc4[nH]3)c(=Nc3ccc(F)cc3)oc12. The minimum Gasteiger partial charge on any atom is -0.493 e. The fourth-order valence-electron chi connectivity index (χ4n) is 3.25. The zero-order valence-electron chi connectivity index (χ0n) is 15.5. The molecule has 5 aromatic rings. The van der Waals surface area contributed by atoms with Gasteiger partial charge in [-0.2, -0.15) is 0 Å². The largest absolute Gasteiger partial charge is 0.493 e. The van der Waals surface area contributed by atoms with Crippen LogP contribution in [0.25, 0.3) is 33.4 Å². The molecule has 0 radical (unpaired) electrons. The maximum Gasteiger partial charge on any atom is 0.231 e. The number of nitrogens with one attached hydrogen (secondary N) is 1. The van der Waals surface area contributed by atoms with Crippen molar-refractivity contribution in [2.75, 3.05) is 7.11 Å². The monoisotopic (exact) mass is 385 g/mol. The molecule has 0 bridgehead atoms. The molecular weight excluding hydrogens is 369 g/mol. The van der Waals surface area contributed by atoms with Crippen molar-refractivity contribution >= 4 is 27.7 Å². The fraction of sp³-hybridized carbons (Fsp3) is 0.0435. The molecule has 0 amide bonds. The van der Waals surface area contributed by atoms with E-state index in [9.17, 15) is 4.39 Å².